The van der Waals surface area contributed by atoms with Gasteiger partial charge < -0.3 is 0 Å². The van der Waals surface area contributed by atoms with E-state index in [1.54, 1.807) is 0 Å². The summed E-state index contributed by atoms with van der Waals surface area (Å²) in [5.41, 5.74) is -5.62. The lowest BCUT2D eigenvalue weighted by Crippen LogP contribution is -2.43. The summed E-state index contributed by atoms with van der Waals surface area (Å²) in [7, 11) is 0. The molecule has 0 aromatic heterocycles. The summed E-state index contributed by atoms with van der Waals surface area (Å²) in [6, 6.07) is 6.94. The first-order chi connectivity index (χ1) is 9.45. The molecule has 0 aromatic rings. The van der Waals surface area contributed by atoms with Crippen LogP contribution in [0.1, 0.15) is 0 Å². The summed E-state index contributed by atoms with van der Waals surface area (Å²) in [4.78, 5) is 0. The zero-order valence-electron chi connectivity index (χ0n) is 9.52. The molecule has 0 bridgehead atoms. The number of halogens is 3. The number of rotatable bonds is 1. The molecule has 1 aliphatic rings. The van der Waals surface area contributed by atoms with Gasteiger partial charge in [-0.15, -0.1) is 11.6 Å². The van der Waals surface area contributed by atoms with Gasteiger partial charge in [-0.2, -0.15) is 26.3 Å². The molecule has 0 saturated carbocycles. The molecular weight excluding hydrogens is 288 g/mol. The smallest absolute Gasteiger partial charge is 0.208 e. The van der Waals surface area contributed by atoms with Crippen LogP contribution in [0.5, 0.6) is 0 Å². The van der Waals surface area contributed by atoms with Gasteiger partial charge >= 0.3 is 0 Å². The minimum absolute atomic E-state index is 0.557. The van der Waals surface area contributed by atoms with Gasteiger partial charge in [-0.3, -0.25) is 0 Å². The van der Waals surface area contributed by atoms with Crippen molar-refractivity contribution in [1.29, 1.82) is 26.3 Å². The highest BCUT2D eigenvalue weighted by Crippen LogP contribution is 2.49. The summed E-state index contributed by atoms with van der Waals surface area (Å²) in [5, 5.41) is 42.9. The molecule has 0 radical (unpaired) electrons. The zero-order chi connectivity index (χ0) is 15.5. The Hall–Kier alpha value is -2.92. The maximum atomic E-state index is 13.3. The lowest BCUT2D eigenvalue weighted by molar-refractivity contribution is 0.0589. The molecule has 20 heavy (non-hydrogen) atoms. The van der Waals surface area contributed by atoms with E-state index in [0.29, 0.717) is 0 Å². The van der Waals surface area contributed by atoms with E-state index < -0.39 is 39.5 Å². The summed E-state index contributed by atoms with van der Waals surface area (Å²) in [6.07, 6.45) is -3.41. The van der Waals surface area contributed by atoms with Crippen molar-refractivity contribution in [2.75, 3.05) is 0 Å². The maximum absolute atomic E-state index is 13.3. The van der Waals surface area contributed by atoms with Crippen molar-refractivity contribution in [3.63, 3.8) is 0 Å². The lowest BCUT2D eigenvalue weighted by Gasteiger charge is -2.33. The molecule has 0 aromatic carbocycles. The number of alkyl halides is 3. The van der Waals surface area contributed by atoms with E-state index in [2.05, 4.69) is 0 Å². The van der Waals surface area contributed by atoms with Crippen molar-refractivity contribution in [2.45, 2.75) is 11.8 Å². The first-order valence-corrected chi connectivity index (χ1v) is 5.33. The van der Waals surface area contributed by atoms with Gasteiger partial charge in [0.2, 0.25) is 0 Å². The van der Waals surface area contributed by atoms with Crippen molar-refractivity contribution >= 4 is 11.6 Å². The standard InChI is InChI=1S/C12H2ClF2N5/c13-10-8(3-18)6(1-16)7(2-17)9(4-19)12(10,5-20)11(14)15/h10-11H. The van der Waals surface area contributed by atoms with Gasteiger partial charge in [0.15, 0.2) is 5.41 Å². The normalized spacial score (nSPS) is 25.2. The number of nitriles is 5. The zero-order valence-corrected chi connectivity index (χ0v) is 10.3. The highest BCUT2D eigenvalue weighted by molar-refractivity contribution is 6.24. The average Bonchev–Trinajstić information content (AvgIpc) is 2.45. The largest absolute Gasteiger partial charge is 0.263 e. The molecule has 0 heterocycles. The number of nitrogens with zero attached hydrogens (tertiary/aromatic N) is 5. The molecule has 8 heteroatoms. The number of hydrogen-bond acceptors (Lipinski definition) is 5. The monoisotopic (exact) mass is 289 g/mol. The minimum atomic E-state index is -3.41. The molecule has 0 fully saturated rings. The Kier molecular flexibility index (Phi) is 4.07. The second-order valence-corrected chi connectivity index (χ2v) is 4.07. The summed E-state index contributed by atoms with van der Waals surface area (Å²) in [5.74, 6) is 0. The van der Waals surface area contributed by atoms with Gasteiger partial charge in [0, 0.05) is 0 Å². The molecule has 2 atom stereocenters. The van der Waals surface area contributed by atoms with Crippen LogP contribution >= 0.6 is 11.6 Å². The molecular formula is C12H2ClF2N5. The molecule has 1 aliphatic carbocycles. The Bertz CT molecular complexity index is 732. The van der Waals surface area contributed by atoms with Crippen molar-refractivity contribution in [1.82, 2.24) is 0 Å². The quantitative estimate of drug-likeness (QED) is 0.684. The van der Waals surface area contributed by atoms with Gasteiger partial charge in [0.05, 0.1) is 45.9 Å². The second-order valence-electron chi connectivity index (χ2n) is 3.63. The third-order valence-electron chi connectivity index (χ3n) is 2.82. The Morgan fingerprint density at radius 2 is 1.50 bits per heavy atom. The van der Waals surface area contributed by atoms with Crippen LogP contribution in [0, 0.1) is 62.1 Å². The molecule has 1 rings (SSSR count). The summed E-state index contributed by atoms with van der Waals surface area (Å²) >= 11 is 5.74. The molecule has 96 valence electrons. The van der Waals surface area contributed by atoms with E-state index in [1.807, 2.05) is 0 Å². The van der Waals surface area contributed by atoms with Gasteiger partial charge in [0.25, 0.3) is 6.43 Å². The number of hydrogen-bond donors (Lipinski definition) is 0. The van der Waals surface area contributed by atoms with Crippen LogP contribution in [0.15, 0.2) is 22.3 Å². The SMILES string of the molecule is N#CC1=C(C#N)C(Cl)C(C#N)(C(F)F)C(C#N)=C1C#N. The van der Waals surface area contributed by atoms with Gasteiger partial charge in [-0.25, -0.2) is 8.78 Å². The number of allylic oxidation sites excluding steroid dienone is 4. The minimum Gasteiger partial charge on any atom is -0.208 e. The Balaban J connectivity index is 3.98. The molecule has 0 amide bonds. The third-order valence-corrected chi connectivity index (χ3v) is 3.38. The van der Waals surface area contributed by atoms with Crippen molar-refractivity contribution < 1.29 is 8.78 Å². The van der Waals surface area contributed by atoms with Crippen LogP contribution in [0.4, 0.5) is 8.78 Å². The topological polar surface area (TPSA) is 119 Å². The highest BCUT2D eigenvalue weighted by atomic mass is 35.5. The van der Waals surface area contributed by atoms with Crippen LogP contribution in [0.25, 0.3) is 0 Å². The summed E-state index contributed by atoms with van der Waals surface area (Å²) < 4.78 is 26.6. The van der Waals surface area contributed by atoms with E-state index in [4.69, 9.17) is 37.9 Å². The van der Waals surface area contributed by atoms with Gasteiger partial charge in [-0.1, -0.05) is 0 Å². The van der Waals surface area contributed by atoms with Crippen LogP contribution in [-0.4, -0.2) is 11.8 Å². The molecule has 5 nitrogen and oxygen atoms in total. The molecule has 0 N–H and O–H groups in total. The van der Waals surface area contributed by atoms with Gasteiger partial charge in [0.1, 0.15) is 12.1 Å². The third kappa shape index (κ3) is 1.69. The summed E-state index contributed by atoms with van der Waals surface area (Å²) in [6.45, 7) is 0. The second kappa shape index (κ2) is 5.38. The van der Waals surface area contributed by atoms with E-state index in [9.17, 15) is 8.78 Å². The molecule has 0 spiro atoms. The fourth-order valence-electron chi connectivity index (χ4n) is 1.82. The molecule has 0 aliphatic heterocycles. The van der Waals surface area contributed by atoms with Gasteiger partial charge in [-0.05, 0) is 0 Å². The van der Waals surface area contributed by atoms with Crippen molar-refractivity contribution in [3.05, 3.63) is 22.3 Å². The van der Waals surface area contributed by atoms with E-state index in [0.717, 1.165) is 0 Å². The van der Waals surface area contributed by atoms with Crippen LogP contribution < -0.4 is 0 Å². The van der Waals surface area contributed by atoms with E-state index in [1.165, 1.54) is 30.3 Å². The average molecular weight is 290 g/mol. The van der Waals surface area contributed by atoms with E-state index in [-0.39, 0.29) is 0 Å². The Morgan fingerprint density at radius 1 is 0.950 bits per heavy atom. The molecule has 2 unspecified atom stereocenters. The fraction of sp³-hybridized carbons (Fsp3) is 0.250. The van der Waals surface area contributed by atoms with Crippen molar-refractivity contribution in [3.8, 4) is 30.3 Å². The Morgan fingerprint density at radius 3 is 1.80 bits per heavy atom. The lowest BCUT2D eigenvalue weighted by atomic mass is 9.69. The van der Waals surface area contributed by atoms with Crippen molar-refractivity contribution in [2.24, 2.45) is 5.41 Å². The van der Waals surface area contributed by atoms with E-state index >= 15 is 0 Å². The fourth-order valence-corrected chi connectivity index (χ4v) is 2.23. The molecule has 0 saturated heterocycles. The predicted octanol–water partition coefficient (Wildman–Crippen LogP) is 2.07. The highest BCUT2D eigenvalue weighted by Gasteiger charge is 2.57. The van der Waals surface area contributed by atoms with Crippen LogP contribution in [0.2, 0.25) is 0 Å². The first kappa shape index (κ1) is 15.1. The Labute approximate surface area is 117 Å². The van der Waals surface area contributed by atoms with Crippen LogP contribution in [-0.2, 0) is 0 Å². The first-order valence-electron chi connectivity index (χ1n) is 4.89. The predicted molar refractivity (Wildman–Crippen MR) is 60.2 cm³/mol. The van der Waals surface area contributed by atoms with Crippen LogP contribution in [0.3, 0.4) is 0 Å². The maximum Gasteiger partial charge on any atom is 0.263 e.